The highest BCUT2D eigenvalue weighted by molar-refractivity contribution is 9.10. The third kappa shape index (κ3) is 4.12. The quantitative estimate of drug-likeness (QED) is 0.538. The second-order valence-corrected chi connectivity index (χ2v) is 5.32. The Labute approximate surface area is 125 Å². The molecule has 0 spiro atoms. The molecule has 106 valence electrons. The van der Waals surface area contributed by atoms with E-state index in [4.69, 9.17) is 4.74 Å². The fraction of sp³-hybridized carbons (Fsp3) is 0.250. The molecule has 0 saturated heterocycles. The number of rotatable bonds is 6. The average molecular weight is 341 g/mol. The molecule has 0 aliphatic carbocycles. The van der Waals surface area contributed by atoms with Gasteiger partial charge in [-0.25, -0.2) is 8.78 Å². The molecule has 0 bridgehead atoms. The highest BCUT2D eigenvalue weighted by Crippen LogP contribution is 2.22. The van der Waals surface area contributed by atoms with Crippen LogP contribution in [0.4, 0.5) is 8.78 Å². The van der Waals surface area contributed by atoms with E-state index in [0.29, 0.717) is 6.61 Å². The van der Waals surface area contributed by atoms with Crippen molar-refractivity contribution in [3.63, 3.8) is 0 Å². The first-order valence-corrected chi connectivity index (χ1v) is 7.22. The zero-order valence-corrected chi connectivity index (χ0v) is 12.5. The molecule has 1 nitrogen and oxygen atoms in total. The SMILES string of the molecule is Fc1ccc(Br)c(F)c1COCCCc1ccccc1. The molecule has 0 heterocycles. The van der Waals surface area contributed by atoms with Gasteiger partial charge in [0, 0.05) is 6.61 Å². The first kappa shape index (κ1) is 15.1. The van der Waals surface area contributed by atoms with Crippen LogP contribution in [0.1, 0.15) is 17.5 Å². The third-order valence-electron chi connectivity index (χ3n) is 2.98. The third-order valence-corrected chi connectivity index (χ3v) is 3.59. The summed E-state index contributed by atoms with van der Waals surface area (Å²) in [4.78, 5) is 0. The van der Waals surface area contributed by atoms with Gasteiger partial charge in [0.25, 0.3) is 0 Å². The van der Waals surface area contributed by atoms with Crippen molar-refractivity contribution in [2.75, 3.05) is 6.61 Å². The molecular weight excluding hydrogens is 326 g/mol. The first-order chi connectivity index (χ1) is 9.68. The van der Waals surface area contributed by atoms with Gasteiger partial charge in [-0.1, -0.05) is 30.3 Å². The predicted molar refractivity (Wildman–Crippen MR) is 78.5 cm³/mol. The summed E-state index contributed by atoms with van der Waals surface area (Å²) in [6.45, 7) is 0.423. The van der Waals surface area contributed by atoms with E-state index in [1.165, 1.54) is 17.7 Å². The van der Waals surface area contributed by atoms with E-state index in [0.717, 1.165) is 12.8 Å². The summed E-state index contributed by atoms with van der Waals surface area (Å²) in [5.41, 5.74) is 1.20. The summed E-state index contributed by atoms with van der Waals surface area (Å²) in [6.07, 6.45) is 1.71. The Kier molecular flexibility index (Phi) is 5.68. The Morgan fingerprint density at radius 3 is 2.50 bits per heavy atom. The minimum Gasteiger partial charge on any atom is -0.377 e. The zero-order valence-electron chi connectivity index (χ0n) is 10.9. The van der Waals surface area contributed by atoms with E-state index in [1.807, 2.05) is 30.3 Å². The van der Waals surface area contributed by atoms with E-state index >= 15 is 0 Å². The highest BCUT2D eigenvalue weighted by atomic mass is 79.9. The van der Waals surface area contributed by atoms with Crippen molar-refractivity contribution in [3.8, 4) is 0 Å². The van der Waals surface area contributed by atoms with Crippen LogP contribution in [-0.4, -0.2) is 6.61 Å². The van der Waals surface area contributed by atoms with Crippen molar-refractivity contribution >= 4 is 15.9 Å². The van der Waals surface area contributed by atoms with Crippen molar-refractivity contribution in [1.82, 2.24) is 0 Å². The largest absolute Gasteiger partial charge is 0.377 e. The first-order valence-electron chi connectivity index (χ1n) is 6.42. The van der Waals surface area contributed by atoms with E-state index in [1.54, 1.807) is 0 Å². The summed E-state index contributed by atoms with van der Waals surface area (Å²) < 4.78 is 32.7. The molecule has 0 fully saturated rings. The summed E-state index contributed by atoms with van der Waals surface area (Å²) in [5, 5.41) is 0. The van der Waals surface area contributed by atoms with E-state index in [-0.39, 0.29) is 16.6 Å². The molecular formula is C16H15BrF2O. The number of hydrogen-bond acceptors (Lipinski definition) is 1. The summed E-state index contributed by atoms with van der Waals surface area (Å²) in [7, 11) is 0. The second kappa shape index (κ2) is 7.50. The summed E-state index contributed by atoms with van der Waals surface area (Å²) in [5.74, 6) is -1.16. The predicted octanol–water partition coefficient (Wildman–Crippen LogP) is 4.88. The fourth-order valence-corrected chi connectivity index (χ4v) is 2.27. The minimum atomic E-state index is -0.590. The summed E-state index contributed by atoms with van der Waals surface area (Å²) in [6, 6.07) is 12.6. The van der Waals surface area contributed by atoms with Gasteiger partial charge in [-0.2, -0.15) is 0 Å². The van der Waals surface area contributed by atoms with Gasteiger partial charge in [-0.05, 0) is 46.5 Å². The van der Waals surface area contributed by atoms with E-state index in [9.17, 15) is 8.78 Å². The summed E-state index contributed by atoms with van der Waals surface area (Å²) >= 11 is 3.04. The molecule has 0 unspecified atom stereocenters. The number of halogens is 3. The van der Waals surface area contributed by atoms with Gasteiger partial charge >= 0.3 is 0 Å². The number of hydrogen-bond donors (Lipinski definition) is 0. The van der Waals surface area contributed by atoms with Crippen LogP contribution >= 0.6 is 15.9 Å². The lowest BCUT2D eigenvalue weighted by Gasteiger charge is -2.08. The lowest BCUT2D eigenvalue weighted by atomic mass is 10.1. The molecule has 0 aromatic heterocycles. The van der Waals surface area contributed by atoms with Gasteiger partial charge < -0.3 is 4.74 Å². The Bertz CT molecular complexity index is 558. The van der Waals surface area contributed by atoms with E-state index in [2.05, 4.69) is 15.9 Å². The van der Waals surface area contributed by atoms with Crippen LogP contribution in [0.25, 0.3) is 0 Å². The molecule has 0 atom stereocenters. The van der Waals surface area contributed by atoms with Crippen molar-refractivity contribution in [3.05, 3.63) is 69.7 Å². The van der Waals surface area contributed by atoms with Crippen molar-refractivity contribution in [1.29, 1.82) is 0 Å². The van der Waals surface area contributed by atoms with Crippen LogP contribution < -0.4 is 0 Å². The van der Waals surface area contributed by atoms with Gasteiger partial charge in [0.15, 0.2) is 0 Å². The molecule has 2 rings (SSSR count). The number of ether oxygens (including phenoxy) is 1. The van der Waals surface area contributed by atoms with Crippen LogP contribution in [0, 0.1) is 11.6 Å². The van der Waals surface area contributed by atoms with Crippen molar-refractivity contribution < 1.29 is 13.5 Å². The number of aryl methyl sites for hydroxylation is 1. The molecule has 2 aromatic rings. The van der Waals surface area contributed by atoms with Crippen molar-refractivity contribution in [2.24, 2.45) is 0 Å². The monoisotopic (exact) mass is 340 g/mol. The van der Waals surface area contributed by atoms with Crippen LogP contribution in [0.15, 0.2) is 46.9 Å². The Morgan fingerprint density at radius 2 is 1.75 bits per heavy atom. The lowest BCUT2D eigenvalue weighted by Crippen LogP contribution is -2.02. The Morgan fingerprint density at radius 1 is 1.00 bits per heavy atom. The van der Waals surface area contributed by atoms with Gasteiger partial charge in [0.2, 0.25) is 0 Å². The minimum absolute atomic E-state index is 0.0286. The molecule has 2 aromatic carbocycles. The number of benzene rings is 2. The topological polar surface area (TPSA) is 9.23 Å². The fourth-order valence-electron chi connectivity index (χ4n) is 1.90. The molecule has 0 saturated carbocycles. The molecule has 0 amide bonds. The van der Waals surface area contributed by atoms with Gasteiger partial charge in [-0.15, -0.1) is 0 Å². The standard InChI is InChI=1S/C16H15BrF2O/c17-14-8-9-15(18)13(16(14)19)11-20-10-4-7-12-5-2-1-3-6-12/h1-3,5-6,8-9H,4,7,10-11H2. The molecule has 0 N–H and O–H groups in total. The molecule has 0 aliphatic heterocycles. The molecule has 20 heavy (non-hydrogen) atoms. The van der Waals surface area contributed by atoms with Gasteiger partial charge in [0.05, 0.1) is 16.6 Å². The lowest BCUT2D eigenvalue weighted by molar-refractivity contribution is 0.113. The van der Waals surface area contributed by atoms with Crippen molar-refractivity contribution in [2.45, 2.75) is 19.4 Å². The maximum atomic E-state index is 13.7. The van der Waals surface area contributed by atoms with Gasteiger partial charge in [0.1, 0.15) is 11.6 Å². The van der Waals surface area contributed by atoms with Gasteiger partial charge in [-0.3, -0.25) is 0 Å². The molecule has 0 aliphatic rings. The molecule has 4 heteroatoms. The van der Waals surface area contributed by atoms with E-state index < -0.39 is 11.6 Å². The Hall–Kier alpha value is -1.26. The smallest absolute Gasteiger partial charge is 0.145 e. The van der Waals surface area contributed by atoms with Crippen LogP contribution in [0.3, 0.4) is 0 Å². The van der Waals surface area contributed by atoms with Crippen LogP contribution in [-0.2, 0) is 17.8 Å². The van der Waals surface area contributed by atoms with Crippen LogP contribution in [0.2, 0.25) is 0 Å². The highest BCUT2D eigenvalue weighted by Gasteiger charge is 2.12. The second-order valence-electron chi connectivity index (χ2n) is 4.46. The maximum absolute atomic E-state index is 13.7. The Balaban J connectivity index is 1.78. The van der Waals surface area contributed by atoms with Crippen LogP contribution in [0.5, 0.6) is 0 Å². The molecule has 0 radical (unpaired) electrons. The normalized spacial score (nSPS) is 10.8. The average Bonchev–Trinajstić information content (AvgIpc) is 2.47. The zero-order chi connectivity index (χ0) is 14.4. The maximum Gasteiger partial charge on any atom is 0.145 e.